The maximum Gasteiger partial charge on any atom is 0.416 e. The Kier molecular flexibility index (Phi) is 4.70. The van der Waals surface area contributed by atoms with Gasteiger partial charge in [-0.2, -0.15) is 13.2 Å². The Morgan fingerprint density at radius 1 is 1.05 bits per heavy atom. The van der Waals surface area contributed by atoms with E-state index in [2.05, 4.69) is 9.80 Å². The van der Waals surface area contributed by atoms with Crippen LogP contribution in [-0.4, -0.2) is 55.2 Å². The highest BCUT2D eigenvalue weighted by Gasteiger charge is 2.31. The molecule has 0 saturated carbocycles. The lowest BCUT2D eigenvalue weighted by molar-refractivity contribution is -0.137. The van der Waals surface area contributed by atoms with Gasteiger partial charge in [0.25, 0.3) is 0 Å². The summed E-state index contributed by atoms with van der Waals surface area (Å²) in [6, 6.07) is 6.07. The standard InChI is InChI=1S/C16H21F3N2O/c17-16(18,19)14-3-1-13(2-4-14)11-20-6-5-15(12-20)21-7-9-22-10-8-21/h1-4,15H,5-12H2/t15-/m1/s1. The molecule has 2 aliphatic rings. The minimum absolute atomic E-state index is 0.554. The highest BCUT2D eigenvalue weighted by atomic mass is 19.4. The first-order chi connectivity index (χ1) is 10.5. The lowest BCUT2D eigenvalue weighted by Gasteiger charge is -2.32. The van der Waals surface area contributed by atoms with Gasteiger partial charge >= 0.3 is 6.18 Å². The van der Waals surface area contributed by atoms with Crippen LogP contribution in [0.25, 0.3) is 0 Å². The predicted octanol–water partition coefficient (Wildman–Crippen LogP) is 2.61. The van der Waals surface area contributed by atoms with Crippen LogP contribution < -0.4 is 0 Å². The summed E-state index contributed by atoms with van der Waals surface area (Å²) in [5.74, 6) is 0. The van der Waals surface area contributed by atoms with Crippen molar-refractivity contribution in [3.05, 3.63) is 35.4 Å². The Bertz CT molecular complexity index is 483. The van der Waals surface area contributed by atoms with Gasteiger partial charge in [0.2, 0.25) is 0 Å². The first kappa shape index (κ1) is 15.8. The Morgan fingerprint density at radius 2 is 1.73 bits per heavy atom. The number of ether oxygens (including phenoxy) is 1. The third-order valence-electron chi connectivity index (χ3n) is 4.50. The molecule has 1 aromatic rings. The molecule has 0 spiro atoms. The van der Waals surface area contributed by atoms with Gasteiger partial charge in [-0.1, -0.05) is 12.1 Å². The van der Waals surface area contributed by atoms with Gasteiger partial charge in [-0.15, -0.1) is 0 Å². The number of alkyl halides is 3. The Morgan fingerprint density at radius 3 is 2.36 bits per heavy atom. The average molecular weight is 314 g/mol. The molecule has 6 heteroatoms. The first-order valence-corrected chi connectivity index (χ1v) is 7.73. The van der Waals surface area contributed by atoms with Crippen LogP contribution in [0.15, 0.2) is 24.3 Å². The maximum absolute atomic E-state index is 12.6. The Labute approximate surface area is 128 Å². The van der Waals surface area contributed by atoms with E-state index in [1.165, 1.54) is 12.1 Å². The molecule has 3 nitrogen and oxygen atoms in total. The second-order valence-electron chi connectivity index (χ2n) is 6.02. The maximum atomic E-state index is 12.6. The molecule has 0 aliphatic carbocycles. The van der Waals surface area contributed by atoms with Crippen LogP contribution in [0.5, 0.6) is 0 Å². The number of halogens is 3. The molecule has 122 valence electrons. The minimum atomic E-state index is -4.26. The molecule has 3 rings (SSSR count). The van der Waals surface area contributed by atoms with Crippen LogP contribution in [0, 0.1) is 0 Å². The summed E-state index contributed by atoms with van der Waals surface area (Å²) in [5.41, 5.74) is 0.361. The van der Waals surface area contributed by atoms with Crippen molar-refractivity contribution in [3.8, 4) is 0 Å². The van der Waals surface area contributed by atoms with Crippen LogP contribution in [0.1, 0.15) is 17.5 Å². The summed E-state index contributed by atoms with van der Waals surface area (Å²) in [6.45, 7) is 6.28. The monoisotopic (exact) mass is 314 g/mol. The molecule has 1 atom stereocenters. The van der Waals surface area contributed by atoms with E-state index in [-0.39, 0.29) is 0 Å². The van der Waals surface area contributed by atoms with E-state index in [9.17, 15) is 13.2 Å². The Balaban J connectivity index is 1.53. The third kappa shape index (κ3) is 3.80. The Hall–Kier alpha value is -1.11. The molecule has 22 heavy (non-hydrogen) atoms. The average Bonchev–Trinajstić information content (AvgIpc) is 2.96. The minimum Gasteiger partial charge on any atom is -0.379 e. The first-order valence-electron chi connectivity index (χ1n) is 7.73. The molecule has 2 fully saturated rings. The number of benzene rings is 1. The third-order valence-corrected chi connectivity index (χ3v) is 4.50. The largest absolute Gasteiger partial charge is 0.416 e. The lowest BCUT2D eigenvalue weighted by atomic mass is 10.1. The van der Waals surface area contributed by atoms with Crippen molar-refractivity contribution >= 4 is 0 Å². The number of nitrogens with zero attached hydrogens (tertiary/aromatic N) is 2. The molecule has 1 aromatic carbocycles. The van der Waals surface area contributed by atoms with E-state index in [1.54, 1.807) is 12.1 Å². The molecular weight excluding hydrogens is 293 g/mol. The van der Waals surface area contributed by atoms with Crippen molar-refractivity contribution in [3.63, 3.8) is 0 Å². The number of hydrogen-bond acceptors (Lipinski definition) is 3. The van der Waals surface area contributed by atoms with Crippen LogP contribution in [-0.2, 0) is 17.5 Å². The zero-order chi connectivity index (χ0) is 15.6. The van der Waals surface area contributed by atoms with Gasteiger partial charge in [0, 0.05) is 38.8 Å². The van der Waals surface area contributed by atoms with E-state index < -0.39 is 11.7 Å². The summed E-state index contributed by atoms with van der Waals surface area (Å²) in [5, 5.41) is 0. The van der Waals surface area contributed by atoms with E-state index >= 15 is 0 Å². The number of rotatable bonds is 3. The van der Waals surface area contributed by atoms with Crippen molar-refractivity contribution < 1.29 is 17.9 Å². The van der Waals surface area contributed by atoms with Crippen molar-refractivity contribution in [1.82, 2.24) is 9.80 Å². The van der Waals surface area contributed by atoms with Crippen LogP contribution in [0.4, 0.5) is 13.2 Å². The van der Waals surface area contributed by atoms with Crippen LogP contribution >= 0.6 is 0 Å². The van der Waals surface area contributed by atoms with Crippen molar-refractivity contribution in [1.29, 1.82) is 0 Å². The highest BCUT2D eigenvalue weighted by molar-refractivity contribution is 5.24. The van der Waals surface area contributed by atoms with Crippen molar-refractivity contribution in [2.75, 3.05) is 39.4 Å². The summed E-state index contributed by atoms with van der Waals surface area (Å²) in [4.78, 5) is 4.79. The van der Waals surface area contributed by atoms with Crippen LogP contribution in [0.3, 0.4) is 0 Å². The lowest BCUT2D eigenvalue weighted by Crippen LogP contribution is -2.44. The van der Waals surface area contributed by atoms with Gasteiger partial charge in [0.05, 0.1) is 18.8 Å². The normalized spacial score (nSPS) is 24.8. The SMILES string of the molecule is FC(F)(F)c1ccc(CN2CC[C@@H](N3CCOCC3)C2)cc1. The zero-order valence-corrected chi connectivity index (χ0v) is 12.5. The molecule has 0 N–H and O–H groups in total. The zero-order valence-electron chi connectivity index (χ0n) is 12.5. The predicted molar refractivity (Wildman–Crippen MR) is 77.5 cm³/mol. The van der Waals surface area contributed by atoms with Gasteiger partial charge in [0.1, 0.15) is 0 Å². The topological polar surface area (TPSA) is 15.7 Å². The summed E-state index contributed by atoms with van der Waals surface area (Å²) < 4.78 is 43.0. The number of morpholine rings is 1. The molecule has 0 bridgehead atoms. The van der Waals surface area contributed by atoms with Gasteiger partial charge in [-0.05, 0) is 24.1 Å². The quantitative estimate of drug-likeness (QED) is 0.853. The highest BCUT2D eigenvalue weighted by Crippen LogP contribution is 2.29. The molecule has 0 amide bonds. The smallest absolute Gasteiger partial charge is 0.379 e. The van der Waals surface area contributed by atoms with Gasteiger partial charge < -0.3 is 4.74 Å². The fourth-order valence-electron chi connectivity index (χ4n) is 3.25. The molecule has 2 saturated heterocycles. The molecule has 2 heterocycles. The summed E-state index contributed by atoms with van der Waals surface area (Å²) >= 11 is 0. The van der Waals surface area contributed by atoms with Crippen LogP contribution in [0.2, 0.25) is 0 Å². The van der Waals surface area contributed by atoms with E-state index in [0.29, 0.717) is 6.04 Å². The molecule has 0 unspecified atom stereocenters. The fourth-order valence-corrected chi connectivity index (χ4v) is 3.25. The molecule has 0 aromatic heterocycles. The number of likely N-dealkylation sites (tertiary alicyclic amines) is 1. The fraction of sp³-hybridized carbons (Fsp3) is 0.625. The second kappa shape index (κ2) is 6.56. The van der Waals surface area contributed by atoms with E-state index in [0.717, 1.165) is 57.9 Å². The van der Waals surface area contributed by atoms with E-state index in [4.69, 9.17) is 4.74 Å². The van der Waals surface area contributed by atoms with Crippen molar-refractivity contribution in [2.45, 2.75) is 25.2 Å². The summed E-state index contributed by atoms with van der Waals surface area (Å²) in [7, 11) is 0. The van der Waals surface area contributed by atoms with E-state index in [1.807, 2.05) is 0 Å². The van der Waals surface area contributed by atoms with Crippen molar-refractivity contribution in [2.24, 2.45) is 0 Å². The van der Waals surface area contributed by atoms with Gasteiger partial charge in [-0.3, -0.25) is 9.80 Å². The second-order valence-corrected chi connectivity index (χ2v) is 6.02. The summed E-state index contributed by atoms with van der Waals surface area (Å²) in [6.07, 6.45) is -3.13. The van der Waals surface area contributed by atoms with Gasteiger partial charge in [0.15, 0.2) is 0 Å². The number of hydrogen-bond donors (Lipinski definition) is 0. The van der Waals surface area contributed by atoms with Gasteiger partial charge in [-0.25, -0.2) is 0 Å². The molecule has 2 aliphatic heterocycles. The molecule has 0 radical (unpaired) electrons. The molecular formula is C16H21F3N2O.